The molecule has 0 saturated heterocycles. The Bertz CT molecular complexity index is 634. The zero-order valence-electron chi connectivity index (χ0n) is 13.6. The Morgan fingerprint density at radius 3 is 2.70 bits per heavy atom. The first kappa shape index (κ1) is 19.7. The number of carbonyl (C=O) groups is 1. The Labute approximate surface area is 142 Å². The van der Waals surface area contributed by atoms with Gasteiger partial charge in [0.05, 0.1) is 11.9 Å². The van der Waals surface area contributed by atoms with E-state index in [9.17, 15) is 13.2 Å². The van der Waals surface area contributed by atoms with E-state index in [2.05, 4.69) is 5.32 Å². The summed E-state index contributed by atoms with van der Waals surface area (Å²) >= 11 is 5.96. The fraction of sp³-hybridized carbons (Fsp3) is 0.533. The van der Waals surface area contributed by atoms with Gasteiger partial charge in [0.25, 0.3) is 0 Å². The van der Waals surface area contributed by atoms with Gasteiger partial charge in [-0.3, -0.25) is 9.10 Å². The van der Waals surface area contributed by atoms with E-state index in [0.717, 1.165) is 11.8 Å². The number of nitrogens with one attached hydrogen (secondary N) is 1. The van der Waals surface area contributed by atoms with Crippen molar-refractivity contribution in [3.63, 3.8) is 0 Å². The number of methoxy groups -OCH3 is 1. The first-order valence-electron chi connectivity index (χ1n) is 7.25. The summed E-state index contributed by atoms with van der Waals surface area (Å²) in [6.07, 6.45) is 1.90. The summed E-state index contributed by atoms with van der Waals surface area (Å²) in [4.78, 5) is 11.8. The lowest BCUT2D eigenvalue weighted by Gasteiger charge is -2.24. The Morgan fingerprint density at radius 2 is 2.09 bits per heavy atom. The molecular formula is C15H23ClN2O4S. The standard InChI is InChI=1S/C15H23ClN2O4S/c1-12-5-6-13(16)11-14(12)18(23(3,20)21)9-7-15(19)17-8-4-10-22-2/h5-6,11H,4,7-10H2,1-3H3,(H,17,19). The van der Waals surface area contributed by atoms with Crippen LogP contribution >= 0.6 is 11.6 Å². The molecule has 1 aromatic carbocycles. The highest BCUT2D eigenvalue weighted by Gasteiger charge is 2.20. The summed E-state index contributed by atoms with van der Waals surface area (Å²) in [6, 6.07) is 5.04. The van der Waals surface area contributed by atoms with Gasteiger partial charge in [0, 0.05) is 38.2 Å². The second-order valence-electron chi connectivity index (χ2n) is 5.21. The number of nitrogens with zero attached hydrogens (tertiary/aromatic N) is 1. The summed E-state index contributed by atoms with van der Waals surface area (Å²) < 4.78 is 30.2. The second-order valence-corrected chi connectivity index (χ2v) is 7.56. The molecule has 6 nitrogen and oxygen atoms in total. The van der Waals surface area contributed by atoms with Crippen LogP contribution in [-0.2, 0) is 19.6 Å². The lowest BCUT2D eigenvalue weighted by Crippen LogP contribution is -2.35. The molecule has 23 heavy (non-hydrogen) atoms. The van der Waals surface area contributed by atoms with E-state index < -0.39 is 10.0 Å². The smallest absolute Gasteiger partial charge is 0.232 e. The fourth-order valence-electron chi connectivity index (χ4n) is 2.05. The molecule has 0 aliphatic rings. The molecule has 1 amide bonds. The minimum atomic E-state index is -3.51. The van der Waals surface area contributed by atoms with E-state index in [1.165, 1.54) is 4.31 Å². The number of hydrogen-bond donors (Lipinski definition) is 1. The third kappa shape index (κ3) is 6.76. The van der Waals surface area contributed by atoms with Gasteiger partial charge in [0.1, 0.15) is 0 Å². The number of anilines is 1. The highest BCUT2D eigenvalue weighted by Crippen LogP contribution is 2.26. The maximum absolute atomic E-state index is 12.0. The minimum Gasteiger partial charge on any atom is -0.385 e. The number of benzene rings is 1. The van der Waals surface area contributed by atoms with Gasteiger partial charge in [0.15, 0.2) is 0 Å². The van der Waals surface area contributed by atoms with Gasteiger partial charge in [-0.1, -0.05) is 17.7 Å². The summed E-state index contributed by atoms with van der Waals surface area (Å²) in [5.41, 5.74) is 1.27. The van der Waals surface area contributed by atoms with E-state index in [0.29, 0.717) is 30.3 Å². The van der Waals surface area contributed by atoms with Crippen molar-refractivity contribution < 1.29 is 17.9 Å². The van der Waals surface area contributed by atoms with E-state index >= 15 is 0 Å². The molecule has 1 aromatic rings. The van der Waals surface area contributed by atoms with Crippen molar-refractivity contribution in [3.05, 3.63) is 28.8 Å². The maximum atomic E-state index is 12.0. The molecular weight excluding hydrogens is 340 g/mol. The topological polar surface area (TPSA) is 75.7 Å². The van der Waals surface area contributed by atoms with Gasteiger partial charge in [-0.25, -0.2) is 8.42 Å². The van der Waals surface area contributed by atoms with Crippen LogP contribution in [0.2, 0.25) is 5.02 Å². The predicted molar refractivity (Wildman–Crippen MR) is 92.5 cm³/mol. The van der Waals surface area contributed by atoms with Crippen LogP contribution in [0.25, 0.3) is 0 Å². The number of carbonyl (C=O) groups excluding carboxylic acids is 1. The largest absolute Gasteiger partial charge is 0.385 e. The van der Waals surface area contributed by atoms with Crippen molar-refractivity contribution in [2.75, 3.05) is 37.4 Å². The first-order chi connectivity index (χ1) is 10.8. The van der Waals surface area contributed by atoms with Crippen LogP contribution in [0.4, 0.5) is 5.69 Å². The zero-order valence-corrected chi connectivity index (χ0v) is 15.2. The molecule has 0 saturated carbocycles. The summed E-state index contributed by atoms with van der Waals surface area (Å²) in [5.74, 6) is -0.200. The van der Waals surface area contributed by atoms with E-state index in [4.69, 9.17) is 16.3 Å². The van der Waals surface area contributed by atoms with Gasteiger partial charge in [-0.2, -0.15) is 0 Å². The zero-order chi connectivity index (χ0) is 17.5. The Kier molecular flexibility index (Phi) is 7.81. The van der Waals surface area contributed by atoms with E-state index in [1.54, 1.807) is 32.2 Å². The molecule has 0 fully saturated rings. The quantitative estimate of drug-likeness (QED) is 0.681. The molecule has 0 unspecified atom stereocenters. The van der Waals surface area contributed by atoms with Gasteiger partial charge in [0.2, 0.25) is 15.9 Å². The summed E-state index contributed by atoms with van der Waals surface area (Å²) in [7, 11) is -1.91. The Morgan fingerprint density at radius 1 is 1.39 bits per heavy atom. The van der Waals surface area contributed by atoms with Crippen LogP contribution in [0.15, 0.2) is 18.2 Å². The number of amides is 1. The highest BCUT2D eigenvalue weighted by molar-refractivity contribution is 7.92. The highest BCUT2D eigenvalue weighted by atomic mass is 35.5. The van der Waals surface area contributed by atoms with Gasteiger partial charge >= 0.3 is 0 Å². The number of aryl methyl sites for hydroxylation is 1. The molecule has 0 aromatic heterocycles. The number of rotatable bonds is 9. The molecule has 8 heteroatoms. The SMILES string of the molecule is COCCCNC(=O)CCN(c1cc(Cl)ccc1C)S(C)(=O)=O. The lowest BCUT2D eigenvalue weighted by molar-refractivity contribution is -0.120. The van der Waals surface area contributed by atoms with Gasteiger partial charge in [-0.05, 0) is 31.0 Å². The summed E-state index contributed by atoms with van der Waals surface area (Å²) in [6.45, 7) is 2.93. The molecule has 1 N–H and O–H groups in total. The van der Waals surface area contributed by atoms with Crippen LogP contribution in [0, 0.1) is 6.92 Å². The average molecular weight is 363 g/mol. The first-order valence-corrected chi connectivity index (χ1v) is 9.48. The maximum Gasteiger partial charge on any atom is 0.232 e. The van der Waals surface area contributed by atoms with Crippen LogP contribution in [0.1, 0.15) is 18.4 Å². The van der Waals surface area contributed by atoms with Gasteiger partial charge in [-0.15, -0.1) is 0 Å². The van der Waals surface area contributed by atoms with Crippen LogP contribution in [0.5, 0.6) is 0 Å². The van der Waals surface area contributed by atoms with Crippen molar-refractivity contribution in [1.29, 1.82) is 0 Å². The molecule has 1 rings (SSSR count). The number of ether oxygens (including phenoxy) is 1. The van der Waals surface area contributed by atoms with Crippen LogP contribution in [-0.4, -0.2) is 47.4 Å². The van der Waals surface area contributed by atoms with E-state index in [1.807, 2.05) is 0 Å². The van der Waals surface area contributed by atoms with Crippen molar-refractivity contribution in [1.82, 2.24) is 5.32 Å². The number of halogens is 1. The predicted octanol–water partition coefficient (Wildman–Crippen LogP) is 1.96. The lowest BCUT2D eigenvalue weighted by atomic mass is 10.2. The van der Waals surface area contributed by atoms with Crippen LogP contribution in [0.3, 0.4) is 0 Å². The van der Waals surface area contributed by atoms with Crippen molar-refractivity contribution in [2.45, 2.75) is 19.8 Å². The minimum absolute atomic E-state index is 0.0656. The monoisotopic (exact) mass is 362 g/mol. The second kappa shape index (κ2) is 9.10. The molecule has 0 radical (unpaired) electrons. The fourth-order valence-corrected chi connectivity index (χ4v) is 3.20. The molecule has 0 aliphatic heterocycles. The molecule has 0 aliphatic carbocycles. The van der Waals surface area contributed by atoms with Gasteiger partial charge < -0.3 is 10.1 Å². The van der Waals surface area contributed by atoms with Crippen molar-refractivity contribution in [3.8, 4) is 0 Å². The van der Waals surface area contributed by atoms with Crippen molar-refractivity contribution >= 4 is 33.2 Å². The Hall–Kier alpha value is -1.31. The van der Waals surface area contributed by atoms with E-state index in [-0.39, 0.29) is 18.9 Å². The molecule has 0 atom stereocenters. The third-order valence-electron chi connectivity index (χ3n) is 3.23. The molecule has 0 heterocycles. The molecule has 130 valence electrons. The number of hydrogen-bond acceptors (Lipinski definition) is 4. The van der Waals surface area contributed by atoms with Crippen LogP contribution < -0.4 is 9.62 Å². The Balaban J connectivity index is 2.74. The van der Waals surface area contributed by atoms with Crippen molar-refractivity contribution in [2.24, 2.45) is 0 Å². The molecule has 0 spiro atoms. The normalized spacial score (nSPS) is 11.3. The summed E-state index contributed by atoms with van der Waals surface area (Å²) in [5, 5.41) is 3.18. The third-order valence-corrected chi connectivity index (χ3v) is 4.64. The number of sulfonamides is 1. The molecule has 0 bridgehead atoms. The average Bonchev–Trinajstić information content (AvgIpc) is 2.46.